The van der Waals surface area contributed by atoms with Gasteiger partial charge in [0.25, 0.3) is 0 Å². The number of amides is 1. The second kappa shape index (κ2) is 8.71. The highest BCUT2D eigenvalue weighted by Crippen LogP contribution is 2.26. The van der Waals surface area contributed by atoms with Crippen LogP contribution in [0.2, 0.25) is 0 Å². The summed E-state index contributed by atoms with van der Waals surface area (Å²) in [5.41, 5.74) is 2.35. The first-order valence-electron chi connectivity index (χ1n) is 10.5. The Bertz CT molecular complexity index is 620. The van der Waals surface area contributed by atoms with E-state index in [1.807, 2.05) is 4.90 Å². The van der Waals surface area contributed by atoms with E-state index in [1.54, 1.807) is 6.33 Å². The summed E-state index contributed by atoms with van der Waals surface area (Å²) < 4.78 is 5.39. The molecular formula is C20H33N5O2. The summed E-state index contributed by atoms with van der Waals surface area (Å²) in [6.07, 6.45) is 6.37. The molecule has 27 heavy (non-hydrogen) atoms. The second-order valence-corrected chi connectivity index (χ2v) is 8.25. The number of ether oxygens (including phenoxy) is 1. The van der Waals surface area contributed by atoms with Crippen molar-refractivity contribution in [2.75, 3.05) is 52.5 Å². The number of H-pyrrole nitrogens is 1. The Balaban J connectivity index is 1.26. The molecule has 3 aliphatic heterocycles. The van der Waals surface area contributed by atoms with Crippen LogP contribution in [0.15, 0.2) is 6.33 Å². The summed E-state index contributed by atoms with van der Waals surface area (Å²) in [5.74, 6) is 0.538. The molecule has 0 unspecified atom stereocenters. The number of aromatic nitrogens is 2. The van der Waals surface area contributed by atoms with Crippen LogP contribution in [-0.4, -0.2) is 89.1 Å². The Morgan fingerprint density at radius 1 is 1.19 bits per heavy atom. The molecule has 4 heterocycles. The van der Waals surface area contributed by atoms with Gasteiger partial charge in [-0.1, -0.05) is 0 Å². The number of hydrogen-bond acceptors (Lipinski definition) is 5. The third-order valence-corrected chi connectivity index (χ3v) is 6.51. The minimum absolute atomic E-state index is 0.182. The molecule has 7 nitrogen and oxygen atoms in total. The second-order valence-electron chi connectivity index (χ2n) is 8.25. The first-order valence-corrected chi connectivity index (χ1v) is 10.5. The van der Waals surface area contributed by atoms with Crippen molar-refractivity contribution < 1.29 is 9.53 Å². The smallest absolute Gasteiger partial charge is 0.227 e. The molecule has 0 bridgehead atoms. The first kappa shape index (κ1) is 18.9. The number of imidazole rings is 1. The fraction of sp³-hybridized carbons (Fsp3) is 0.800. The lowest BCUT2D eigenvalue weighted by Crippen LogP contribution is -2.52. The fourth-order valence-corrected chi connectivity index (χ4v) is 4.78. The van der Waals surface area contributed by atoms with Gasteiger partial charge in [0.1, 0.15) is 0 Å². The summed E-state index contributed by atoms with van der Waals surface area (Å²) >= 11 is 0. The SMILES string of the molecule is Cc1[nH]cnc1CN1CCC(N2CCC[C@@H](C(=O)N3CCOCC3)C2)CC1. The van der Waals surface area contributed by atoms with Gasteiger partial charge < -0.3 is 14.6 Å². The highest BCUT2D eigenvalue weighted by molar-refractivity contribution is 5.79. The van der Waals surface area contributed by atoms with Crippen LogP contribution in [0.25, 0.3) is 0 Å². The van der Waals surface area contributed by atoms with E-state index in [1.165, 1.54) is 24.2 Å². The first-order chi connectivity index (χ1) is 13.2. The molecule has 7 heteroatoms. The van der Waals surface area contributed by atoms with Crippen molar-refractivity contribution >= 4 is 5.91 Å². The average molecular weight is 376 g/mol. The van der Waals surface area contributed by atoms with Gasteiger partial charge in [0.15, 0.2) is 0 Å². The van der Waals surface area contributed by atoms with Gasteiger partial charge in [0.05, 0.1) is 31.2 Å². The predicted octanol–water partition coefficient (Wildman–Crippen LogP) is 1.25. The molecule has 1 N–H and O–H groups in total. The van der Waals surface area contributed by atoms with Crippen molar-refractivity contribution in [1.82, 2.24) is 24.7 Å². The zero-order valence-electron chi connectivity index (χ0n) is 16.5. The number of rotatable bonds is 4. The number of carbonyl (C=O) groups is 1. The van der Waals surface area contributed by atoms with E-state index in [2.05, 4.69) is 26.7 Å². The lowest BCUT2D eigenvalue weighted by molar-refractivity contribution is -0.142. The zero-order valence-corrected chi connectivity index (χ0v) is 16.5. The van der Waals surface area contributed by atoms with Gasteiger partial charge >= 0.3 is 0 Å². The van der Waals surface area contributed by atoms with E-state index in [0.717, 1.165) is 58.7 Å². The standard InChI is InChI=1S/C20H33N5O2/c1-16-19(22-15-21-16)14-23-7-4-18(5-8-23)25-6-2-3-17(13-25)20(26)24-9-11-27-12-10-24/h15,17-18H,2-14H2,1H3,(H,21,22)/t17-/m1/s1. The maximum Gasteiger partial charge on any atom is 0.227 e. The Labute approximate surface area is 162 Å². The van der Waals surface area contributed by atoms with Gasteiger partial charge in [-0.3, -0.25) is 14.6 Å². The van der Waals surface area contributed by atoms with E-state index in [-0.39, 0.29) is 5.92 Å². The molecule has 0 saturated carbocycles. The van der Waals surface area contributed by atoms with Gasteiger partial charge in [-0.15, -0.1) is 0 Å². The number of nitrogens with one attached hydrogen (secondary N) is 1. The van der Waals surface area contributed by atoms with Crippen molar-refractivity contribution in [3.05, 3.63) is 17.7 Å². The van der Waals surface area contributed by atoms with Crippen LogP contribution in [-0.2, 0) is 16.1 Å². The largest absolute Gasteiger partial charge is 0.378 e. The van der Waals surface area contributed by atoms with E-state index >= 15 is 0 Å². The van der Waals surface area contributed by atoms with Crippen LogP contribution < -0.4 is 0 Å². The van der Waals surface area contributed by atoms with Crippen LogP contribution in [0.3, 0.4) is 0 Å². The Hall–Kier alpha value is -1.44. The molecule has 1 aromatic heterocycles. The third kappa shape index (κ3) is 4.52. The molecule has 0 aliphatic carbocycles. The van der Waals surface area contributed by atoms with Crippen molar-refractivity contribution in [1.29, 1.82) is 0 Å². The number of aromatic amines is 1. The number of aryl methyl sites for hydroxylation is 1. The van der Waals surface area contributed by atoms with Gasteiger partial charge in [0.2, 0.25) is 5.91 Å². The summed E-state index contributed by atoms with van der Waals surface area (Å²) in [6, 6.07) is 0.627. The van der Waals surface area contributed by atoms with Crippen molar-refractivity contribution in [2.24, 2.45) is 5.92 Å². The van der Waals surface area contributed by atoms with Gasteiger partial charge in [0, 0.05) is 51.0 Å². The lowest BCUT2D eigenvalue weighted by Gasteiger charge is -2.43. The van der Waals surface area contributed by atoms with Crippen LogP contribution in [0, 0.1) is 12.8 Å². The summed E-state index contributed by atoms with van der Waals surface area (Å²) in [5, 5.41) is 0. The van der Waals surface area contributed by atoms with E-state index in [9.17, 15) is 4.79 Å². The monoisotopic (exact) mass is 375 g/mol. The highest BCUT2D eigenvalue weighted by atomic mass is 16.5. The minimum atomic E-state index is 0.182. The molecule has 4 rings (SSSR count). The summed E-state index contributed by atoms with van der Waals surface area (Å²) in [7, 11) is 0. The van der Waals surface area contributed by atoms with Crippen LogP contribution in [0.1, 0.15) is 37.1 Å². The number of carbonyl (C=O) groups excluding carboxylic acids is 1. The topological polar surface area (TPSA) is 64.7 Å². The van der Waals surface area contributed by atoms with E-state index in [0.29, 0.717) is 25.2 Å². The van der Waals surface area contributed by atoms with E-state index < -0.39 is 0 Å². The molecule has 3 aliphatic rings. The molecule has 3 saturated heterocycles. The van der Waals surface area contributed by atoms with Crippen LogP contribution >= 0.6 is 0 Å². The lowest BCUT2D eigenvalue weighted by atomic mass is 9.92. The number of morpholine rings is 1. The fourth-order valence-electron chi connectivity index (χ4n) is 4.78. The van der Waals surface area contributed by atoms with Crippen molar-refractivity contribution in [3.63, 3.8) is 0 Å². The molecule has 1 atom stereocenters. The Morgan fingerprint density at radius 3 is 2.67 bits per heavy atom. The predicted molar refractivity (Wildman–Crippen MR) is 103 cm³/mol. The van der Waals surface area contributed by atoms with Gasteiger partial charge in [-0.2, -0.15) is 0 Å². The summed E-state index contributed by atoms with van der Waals surface area (Å²) in [4.78, 5) is 27.6. The van der Waals surface area contributed by atoms with Crippen LogP contribution in [0.4, 0.5) is 0 Å². The van der Waals surface area contributed by atoms with Crippen molar-refractivity contribution in [3.8, 4) is 0 Å². The quantitative estimate of drug-likeness (QED) is 0.858. The molecule has 3 fully saturated rings. The molecule has 1 amide bonds. The van der Waals surface area contributed by atoms with Gasteiger partial charge in [-0.05, 0) is 39.2 Å². The molecule has 0 aromatic carbocycles. The molecular weight excluding hydrogens is 342 g/mol. The summed E-state index contributed by atoms with van der Waals surface area (Å²) in [6.45, 7) is 10.3. The zero-order chi connectivity index (χ0) is 18.6. The van der Waals surface area contributed by atoms with Gasteiger partial charge in [-0.25, -0.2) is 4.98 Å². The highest BCUT2D eigenvalue weighted by Gasteiger charge is 2.34. The Morgan fingerprint density at radius 2 is 1.96 bits per heavy atom. The number of nitrogens with zero attached hydrogens (tertiary/aromatic N) is 4. The molecule has 1 aromatic rings. The molecule has 0 spiro atoms. The maximum atomic E-state index is 12.9. The normalized spacial score (nSPS) is 26.4. The third-order valence-electron chi connectivity index (χ3n) is 6.51. The molecule has 150 valence electrons. The Kier molecular flexibility index (Phi) is 6.10. The maximum absolute atomic E-state index is 12.9. The number of hydrogen-bond donors (Lipinski definition) is 1. The van der Waals surface area contributed by atoms with E-state index in [4.69, 9.17) is 4.74 Å². The number of piperidine rings is 2. The molecule has 0 radical (unpaired) electrons. The van der Waals surface area contributed by atoms with Crippen LogP contribution in [0.5, 0.6) is 0 Å². The van der Waals surface area contributed by atoms with Crippen molar-refractivity contribution in [2.45, 2.75) is 45.2 Å². The number of likely N-dealkylation sites (tertiary alicyclic amines) is 2. The minimum Gasteiger partial charge on any atom is -0.378 e. The average Bonchev–Trinajstić information content (AvgIpc) is 3.13.